The van der Waals surface area contributed by atoms with Crippen LogP contribution in [0.2, 0.25) is 5.02 Å². The van der Waals surface area contributed by atoms with Gasteiger partial charge in [-0.3, -0.25) is 0 Å². The van der Waals surface area contributed by atoms with Gasteiger partial charge in [0.2, 0.25) is 5.72 Å². The molecule has 1 heterocycles. The number of nitrogens with zero attached hydrogens (tertiary/aromatic N) is 4. The van der Waals surface area contributed by atoms with Gasteiger partial charge in [0.25, 0.3) is 0 Å². The molecule has 10 heteroatoms. The number of ether oxygens (including phenoxy) is 1. The van der Waals surface area contributed by atoms with Crippen molar-refractivity contribution in [1.82, 2.24) is 25.5 Å². The molecule has 3 N–H and O–H groups in total. The van der Waals surface area contributed by atoms with Crippen molar-refractivity contribution in [2.24, 2.45) is 0 Å². The Morgan fingerprint density at radius 1 is 1.25 bits per heavy atom. The van der Waals surface area contributed by atoms with Crippen molar-refractivity contribution >= 4 is 17.7 Å². The van der Waals surface area contributed by atoms with Crippen LogP contribution in [0.15, 0.2) is 48.8 Å². The first-order valence-corrected chi connectivity index (χ1v) is 8.74. The zero-order chi connectivity index (χ0) is 20.1. The molecule has 0 aliphatic heterocycles. The molecule has 1 atom stereocenters. The molecule has 0 radical (unpaired) electrons. The van der Waals surface area contributed by atoms with Crippen molar-refractivity contribution in [2.75, 3.05) is 6.54 Å². The number of amides is 1. The predicted molar refractivity (Wildman–Crippen MR) is 100.0 cm³/mol. The van der Waals surface area contributed by atoms with Gasteiger partial charge in [-0.15, -0.1) is 5.10 Å². The number of hydrogen-bond donors (Lipinski definition) is 3. The third kappa shape index (κ3) is 4.15. The van der Waals surface area contributed by atoms with Gasteiger partial charge in [0, 0.05) is 24.1 Å². The maximum Gasteiger partial charge on any atom is 0.409 e. The molecule has 28 heavy (non-hydrogen) atoms. The van der Waals surface area contributed by atoms with Crippen molar-refractivity contribution in [3.63, 3.8) is 0 Å². The molecule has 1 unspecified atom stereocenters. The SMILES string of the molecule is CC(OC(=O)NCCc1ccc(O)c(O)c1)(c1ccccc1Cl)n1cnnn1. The van der Waals surface area contributed by atoms with E-state index in [2.05, 4.69) is 20.8 Å². The molecule has 146 valence electrons. The van der Waals surface area contributed by atoms with E-state index >= 15 is 0 Å². The number of halogens is 1. The first-order valence-electron chi connectivity index (χ1n) is 8.36. The number of phenolic OH excluding ortho intramolecular Hbond substituents is 2. The van der Waals surface area contributed by atoms with Crippen molar-refractivity contribution in [3.05, 3.63) is 64.9 Å². The highest BCUT2D eigenvalue weighted by molar-refractivity contribution is 6.31. The number of aromatic nitrogens is 4. The Hall–Kier alpha value is -3.33. The molecule has 1 aromatic heterocycles. The molecule has 3 rings (SSSR count). The number of hydrogen-bond acceptors (Lipinski definition) is 7. The summed E-state index contributed by atoms with van der Waals surface area (Å²) in [5.41, 5.74) is -0.101. The Morgan fingerprint density at radius 2 is 2.04 bits per heavy atom. The summed E-state index contributed by atoms with van der Waals surface area (Å²) in [6.07, 6.45) is 1.06. The van der Waals surface area contributed by atoms with Crippen LogP contribution in [0.25, 0.3) is 0 Å². The average molecular weight is 404 g/mol. The fraction of sp³-hybridized carbons (Fsp3) is 0.222. The van der Waals surface area contributed by atoms with Crippen LogP contribution < -0.4 is 5.32 Å². The molecule has 9 nitrogen and oxygen atoms in total. The van der Waals surface area contributed by atoms with E-state index in [1.54, 1.807) is 37.3 Å². The monoisotopic (exact) mass is 403 g/mol. The van der Waals surface area contributed by atoms with Gasteiger partial charge < -0.3 is 20.3 Å². The number of carbonyl (C=O) groups excluding carboxylic acids is 1. The molecule has 1 amide bonds. The summed E-state index contributed by atoms with van der Waals surface area (Å²) < 4.78 is 6.92. The Bertz CT molecular complexity index is 966. The number of alkyl carbamates (subject to hydrolysis) is 1. The second-order valence-corrected chi connectivity index (χ2v) is 6.51. The van der Waals surface area contributed by atoms with E-state index in [1.807, 2.05) is 0 Å². The number of benzene rings is 2. The largest absolute Gasteiger partial charge is 0.504 e. The van der Waals surface area contributed by atoms with Crippen LogP contribution in [0.4, 0.5) is 4.79 Å². The van der Waals surface area contributed by atoms with Crippen LogP contribution in [0.5, 0.6) is 11.5 Å². The minimum Gasteiger partial charge on any atom is -0.504 e. The lowest BCUT2D eigenvalue weighted by atomic mass is 10.0. The van der Waals surface area contributed by atoms with Crippen molar-refractivity contribution in [1.29, 1.82) is 0 Å². The number of aromatic hydroxyl groups is 2. The lowest BCUT2D eigenvalue weighted by Gasteiger charge is -2.29. The summed E-state index contributed by atoms with van der Waals surface area (Å²) in [5, 5.41) is 32.9. The fourth-order valence-corrected chi connectivity index (χ4v) is 2.98. The Kier molecular flexibility index (Phi) is 5.65. The molecule has 0 saturated heterocycles. The number of nitrogens with one attached hydrogen (secondary N) is 1. The van der Waals surface area contributed by atoms with E-state index in [4.69, 9.17) is 16.3 Å². The highest BCUT2D eigenvalue weighted by Gasteiger charge is 2.36. The number of rotatable bonds is 6. The van der Waals surface area contributed by atoms with Crippen LogP contribution >= 0.6 is 11.6 Å². The first-order chi connectivity index (χ1) is 13.4. The fourth-order valence-electron chi connectivity index (χ4n) is 2.67. The smallest absolute Gasteiger partial charge is 0.409 e. The normalized spacial score (nSPS) is 12.9. The zero-order valence-electron chi connectivity index (χ0n) is 14.9. The summed E-state index contributed by atoms with van der Waals surface area (Å²) in [5.74, 6) is -0.418. The lowest BCUT2D eigenvalue weighted by Crippen LogP contribution is -2.41. The van der Waals surface area contributed by atoms with Crippen molar-refractivity contribution in [3.8, 4) is 11.5 Å². The second kappa shape index (κ2) is 8.13. The van der Waals surface area contributed by atoms with Crippen LogP contribution in [-0.4, -0.2) is 43.1 Å². The number of carbonyl (C=O) groups is 1. The Morgan fingerprint density at radius 3 is 2.71 bits per heavy atom. The summed E-state index contributed by atoms with van der Waals surface area (Å²) in [6.45, 7) is 1.87. The third-order valence-electron chi connectivity index (χ3n) is 4.17. The van der Waals surface area contributed by atoms with Gasteiger partial charge in [0.05, 0.1) is 0 Å². The van der Waals surface area contributed by atoms with Crippen LogP contribution in [0.1, 0.15) is 18.1 Å². The number of phenols is 2. The maximum atomic E-state index is 12.4. The van der Waals surface area contributed by atoms with Gasteiger partial charge in [-0.05, 0) is 40.6 Å². The topological polar surface area (TPSA) is 122 Å². The first kappa shape index (κ1) is 19.4. The van der Waals surface area contributed by atoms with Crippen molar-refractivity contribution < 1.29 is 19.7 Å². The van der Waals surface area contributed by atoms with E-state index in [0.29, 0.717) is 17.0 Å². The van der Waals surface area contributed by atoms with Gasteiger partial charge >= 0.3 is 6.09 Å². The molecule has 0 bridgehead atoms. The summed E-state index contributed by atoms with van der Waals surface area (Å²) in [4.78, 5) is 12.4. The zero-order valence-corrected chi connectivity index (χ0v) is 15.7. The van der Waals surface area contributed by atoms with E-state index in [1.165, 1.54) is 23.1 Å². The van der Waals surface area contributed by atoms with Gasteiger partial charge in [-0.25, -0.2) is 4.79 Å². The highest BCUT2D eigenvalue weighted by Crippen LogP contribution is 2.32. The lowest BCUT2D eigenvalue weighted by molar-refractivity contribution is -0.0124. The third-order valence-corrected chi connectivity index (χ3v) is 4.50. The Balaban J connectivity index is 1.70. The predicted octanol–water partition coefficient (Wildman–Crippen LogP) is 2.43. The summed E-state index contributed by atoms with van der Waals surface area (Å²) in [6, 6.07) is 11.4. The molecule has 2 aromatic carbocycles. The number of tetrazole rings is 1. The van der Waals surface area contributed by atoms with Crippen LogP contribution in [-0.2, 0) is 16.9 Å². The summed E-state index contributed by atoms with van der Waals surface area (Å²) >= 11 is 6.28. The molecule has 0 saturated carbocycles. The molecule has 0 spiro atoms. The quantitative estimate of drug-likeness (QED) is 0.540. The second-order valence-electron chi connectivity index (χ2n) is 6.11. The minimum atomic E-state index is -1.36. The molecule has 0 fully saturated rings. The van der Waals surface area contributed by atoms with E-state index in [-0.39, 0.29) is 18.0 Å². The van der Waals surface area contributed by atoms with Gasteiger partial charge in [-0.1, -0.05) is 35.9 Å². The molecule has 0 aliphatic carbocycles. The Labute approximate surface area is 165 Å². The summed E-state index contributed by atoms with van der Waals surface area (Å²) in [7, 11) is 0. The van der Waals surface area contributed by atoms with Crippen molar-refractivity contribution in [2.45, 2.75) is 19.1 Å². The van der Waals surface area contributed by atoms with E-state index < -0.39 is 11.8 Å². The standard InChI is InChI=1S/C18H18ClN5O4/c1-18(24-11-21-22-23-24,13-4-2-3-5-14(13)19)28-17(27)20-9-8-12-6-7-15(25)16(26)10-12/h2-7,10-11,25-26H,8-9H2,1H3,(H,20,27). The van der Waals surface area contributed by atoms with E-state index in [0.717, 1.165) is 5.56 Å². The molecule has 0 aliphatic rings. The molecular weight excluding hydrogens is 386 g/mol. The highest BCUT2D eigenvalue weighted by atomic mass is 35.5. The average Bonchev–Trinajstić information content (AvgIpc) is 3.20. The molecular formula is C18H18ClN5O4. The van der Waals surface area contributed by atoms with Crippen LogP contribution in [0, 0.1) is 0 Å². The van der Waals surface area contributed by atoms with E-state index in [9.17, 15) is 15.0 Å². The van der Waals surface area contributed by atoms with Gasteiger partial charge in [0.15, 0.2) is 11.5 Å². The van der Waals surface area contributed by atoms with Gasteiger partial charge in [-0.2, -0.15) is 4.68 Å². The molecule has 3 aromatic rings. The maximum absolute atomic E-state index is 12.4. The minimum absolute atomic E-state index is 0.201. The van der Waals surface area contributed by atoms with Crippen LogP contribution in [0.3, 0.4) is 0 Å². The van der Waals surface area contributed by atoms with Gasteiger partial charge in [0.1, 0.15) is 6.33 Å².